The van der Waals surface area contributed by atoms with E-state index in [1.807, 2.05) is 30.3 Å². The van der Waals surface area contributed by atoms with Crippen LogP contribution >= 0.6 is 0 Å². The molecule has 0 aliphatic heterocycles. The van der Waals surface area contributed by atoms with E-state index in [0.717, 1.165) is 5.56 Å². The summed E-state index contributed by atoms with van der Waals surface area (Å²) in [5.41, 5.74) is 0.344. The molecular weight excluding hydrogens is 298 g/mol. The number of alkyl carbamates (subject to hydrolysis) is 1. The second-order valence-electron chi connectivity index (χ2n) is 5.89. The average molecular weight is 321 g/mol. The third-order valence-corrected chi connectivity index (χ3v) is 2.57. The van der Waals surface area contributed by atoms with Crippen molar-refractivity contribution in [3.8, 4) is 0 Å². The molecule has 23 heavy (non-hydrogen) atoms. The summed E-state index contributed by atoms with van der Waals surface area (Å²) < 4.78 is 4.99. The van der Waals surface area contributed by atoms with Gasteiger partial charge in [0.25, 0.3) is 0 Å². The Balaban J connectivity index is 2.17. The van der Waals surface area contributed by atoms with Crippen molar-refractivity contribution < 1.29 is 19.1 Å². The van der Waals surface area contributed by atoms with Crippen LogP contribution in [0.1, 0.15) is 26.3 Å². The zero-order valence-corrected chi connectivity index (χ0v) is 13.6. The lowest BCUT2D eigenvalue weighted by Crippen LogP contribution is -2.43. The Labute approximate surface area is 135 Å². The Morgan fingerprint density at radius 1 is 0.913 bits per heavy atom. The third-order valence-electron chi connectivity index (χ3n) is 2.57. The van der Waals surface area contributed by atoms with Crippen LogP contribution in [-0.2, 0) is 20.9 Å². The standard InChI is InChI=1S/C16H23N3O4/c1-16(2,3)23-15(22)19-11-14(21)18-10-13(20)17-9-12-7-5-4-6-8-12/h4-8H,9-11H2,1-3H3,(H,17,20)(H,18,21)(H,19,22). The maximum atomic E-state index is 11.6. The first-order valence-electron chi connectivity index (χ1n) is 7.30. The molecule has 1 aromatic carbocycles. The first kappa shape index (κ1) is 18.5. The van der Waals surface area contributed by atoms with E-state index < -0.39 is 17.6 Å². The lowest BCUT2D eigenvalue weighted by Gasteiger charge is -2.19. The molecule has 0 aliphatic rings. The molecule has 0 saturated carbocycles. The summed E-state index contributed by atoms with van der Waals surface area (Å²) >= 11 is 0. The van der Waals surface area contributed by atoms with Crippen LogP contribution < -0.4 is 16.0 Å². The summed E-state index contributed by atoms with van der Waals surface area (Å²) in [6.07, 6.45) is -0.679. The number of hydrogen-bond acceptors (Lipinski definition) is 4. The number of hydrogen-bond donors (Lipinski definition) is 3. The minimum absolute atomic E-state index is 0.151. The summed E-state index contributed by atoms with van der Waals surface area (Å²) in [5, 5.41) is 7.42. The van der Waals surface area contributed by atoms with Crippen molar-refractivity contribution in [1.29, 1.82) is 0 Å². The Kier molecular flexibility index (Phi) is 7.05. The van der Waals surface area contributed by atoms with E-state index in [9.17, 15) is 14.4 Å². The van der Waals surface area contributed by atoms with Crippen LogP contribution in [0.3, 0.4) is 0 Å². The molecule has 0 aliphatic carbocycles. The van der Waals surface area contributed by atoms with Gasteiger partial charge in [0.05, 0.1) is 6.54 Å². The summed E-state index contributed by atoms with van der Waals surface area (Å²) in [7, 11) is 0. The molecule has 3 amide bonds. The predicted molar refractivity (Wildman–Crippen MR) is 85.5 cm³/mol. The highest BCUT2D eigenvalue weighted by Gasteiger charge is 2.16. The van der Waals surface area contributed by atoms with Crippen LogP contribution in [0.25, 0.3) is 0 Å². The highest BCUT2D eigenvalue weighted by molar-refractivity contribution is 5.87. The maximum Gasteiger partial charge on any atom is 0.408 e. The van der Waals surface area contributed by atoms with Gasteiger partial charge in [0.2, 0.25) is 11.8 Å². The molecule has 0 radical (unpaired) electrons. The molecule has 7 nitrogen and oxygen atoms in total. The highest BCUT2D eigenvalue weighted by Crippen LogP contribution is 2.05. The molecule has 0 unspecified atom stereocenters. The fourth-order valence-electron chi connectivity index (χ4n) is 1.57. The summed E-state index contributed by atoms with van der Waals surface area (Å²) in [4.78, 5) is 34.5. The van der Waals surface area contributed by atoms with Crippen molar-refractivity contribution in [2.45, 2.75) is 32.9 Å². The molecule has 0 heterocycles. The molecule has 1 aromatic rings. The molecule has 0 saturated heterocycles. The molecule has 7 heteroatoms. The number of benzene rings is 1. The molecule has 1 rings (SSSR count). The van der Waals surface area contributed by atoms with Gasteiger partial charge >= 0.3 is 6.09 Å². The van der Waals surface area contributed by atoms with Crippen molar-refractivity contribution in [2.24, 2.45) is 0 Å². The van der Waals surface area contributed by atoms with Crippen LogP contribution in [0.2, 0.25) is 0 Å². The van der Waals surface area contributed by atoms with Gasteiger partial charge in [-0.15, -0.1) is 0 Å². The van der Waals surface area contributed by atoms with Crippen LogP contribution in [0, 0.1) is 0 Å². The number of rotatable bonds is 6. The number of carbonyl (C=O) groups is 3. The maximum absolute atomic E-state index is 11.6. The largest absolute Gasteiger partial charge is 0.444 e. The SMILES string of the molecule is CC(C)(C)OC(=O)NCC(=O)NCC(=O)NCc1ccccc1. The molecule has 126 valence electrons. The first-order valence-corrected chi connectivity index (χ1v) is 7.30. The summed E-state index contributed by atoms with van der Waals surface area (Å²) in [5.74, 6) is -0.773. The molecule has 0 fully saturated rings. The molecule has 0 spiro atoms. The Morgan fingerprint density at radius 2 is 1.48 bits per heavy atom. The second kappa shape index (κ2) is 8.77. The van der Waals surface area contributed by atoms with Gasteiger partial charge in [0.15, 0.2) is 0 Å². The topological polar surface area (TPSA) is 96.5 Å². The van der Waals surface area contributed by atoms with Gasteiger partial charge in [0.1, 0.15) is 12.1 Å². The van der Waals surface area contributed by atoms with Crippen molar-refractivity contribution >= 4 is 17.9 Å². The van der Waals surface area contributed by atoms with Gasteiger partial charge in [-0.05, 0) is 26.3 Å². The minimum atomic E-state index is -0.679. The Morgan fingerprint density at radius 3 is 2.09 bits per heavy atom. The highest BCUT2D eigenvalue weighted by atomic mass is 16.6. The fourth-order valence-corrected chi connectivity index (χ4v) is 1.57. The van der Waals surface area contributed by atoms with Gasteiger partial charge in [-0.3, -0.25) is 9.59 Å². The first-order chi connectivity index (χ1) is 10.8. The van der Waals surface area contributed by atoms with E-state index in [-0.39, 0.29) is 19.0 Å². The quantitative estimate of drug-likeness (QED) is 0.726. The molecule has 0 atom stereocenters. The fraction of sp³-hybridized carbons (Fsp3) is 0.438. The van der Waals surface area contributed by atoms with Crippen molar-refractivity contribution in [3.05, 3.63) is 35.9 Å². The molecule has 3 N–H and O–H groups in total. The van der Waals surface area contributed by atoms with E-state index in [0.29, 0.717) is 6.54 Å². The van der Waals surface area contributed by atoms with E-state index in [4.69, 9.17) is 4.74 Å². The summed E-state index contributed by atoms with van der Waals surface area (Å²) in [6, 6.07) is 9.44. The van der Waals surface area contributed by atoms with Crippen molar-refractivity contribution in [3.63, 3.8) is 0 Å². The normalized spacial score (nSPS) is 10.6. The number of nitrogens with one attached hydrogen (secondary N) is 3. The Bertz CT molecular complexity index is 538. The minimum Gasteiger partial charge on any atom is -0.444 e. The zero-order chi connectivity index (χ0) is 17.3. The predicted octanol–water partition coefficient (Wildman–Crippen LogP) is 0.944. The van der Waals surface area contributed by atoms with Gasteiger partial charge in [-0.1, -0.05) is 30.3 Å². The van der Waals surface area contributed by atoms with Gasteiger partial charge in [0, 0.05) is 6.54 Å². The van der Waals surface area contributed by atoms with E-state index in [1.54, 1.807) is 20.8 Å². The van der Waals surface area contributed by atoms with Gasteiger partial charge in [-0.25, -0.2) is 4.79 Å². The number of ether oxygens (including phenoxy) is 1. The van der Waals surface area contributed by atoms with Crippen LogP contribution in [0.4, 0.5) is 4.79 Å². The van der Waals surface area contributed by atoms with E-state index >= 15 is 0 Å². The molecular formula is C16H23N3O4. The monoisotopic (exact) mass is 321 g/mol. The van der Waals surface area contributed by atoms with Crippen LogP contribution in [0.5, 0.6) is 0 Å². The lowest BCUT2D eigenvalue weighted by atomic mass is 10.2. The second-order valence-corrected chi connectivity index (χ2v) is 5.89. The number of amides is 3. The Hall–Kier alpha value is -2.57. The molecule has 0 aromatic heterocycles. The smallest absolute Gasteiger partial charge is 0.408 e. The van der Waals surface area contributed by atoms with Crippen LogP contribution in [0.15, 0.2) is 30.3 Å². The van der Waals surface area contributed by atoms with Gasteiger partial charge in [-0.2, -0.15) is 0 Å². The average Bonchev–Trinajstić information content (AvgIpc) is 2.48. The third kappa shape index (κ3) is 9.13. The van der Waals surface area contributed by atoms with Crippen LogP contribution in [-0.4, -0.2) is 36.6 Å². The van der Waals surface area contributed by atoms with Crippen molar-refractivity contribution in [1.82, 2.24) is 16.0 Å². The van der Waals surface area contributed by atoms with Crippen molar-refractivity contribution in [2.75, 3.05) is 13.1 Å². The number of carbonyl (C=O) groups excluding carboxylic acids is 3. The van der Waals surface area contributed by atoms with E-state index in [2.05, 4.69) is 16.0 Å². The molecule has 0 bridgehead atoms. The lowest BCUT2D eigenvalue weighted by molar-refractivity contribution is -0.125. The zero-order valence-electron chi connectivity index (χ0n) is 13.6. The summed E-state index contributed by atoms with van der Waals surface area (Å²) in [6.45, 7) is 5.17. The van der Waals surface area contributed by atoms with Gasteiger partial charge < -0.3 is 20.7 Å². The van der Waals surface area contributed by atoms with E-state index in [1.165, 1.54) is 0 Å².